The number of hydrogen-bond donors (Lipinski definition) is 1. The van der Waals surface area contributed by atoms with Crippen molar-refractivity contribution in [2.24, 2.45) is 0 Å². The SMILES string of the molecule is Oc1ccc(F)cc1.c1ccc(OCC2CO2)cc1. The fraction of sp³-hybridized carbons (Fsp3) is 0.200. The summed E-state index contributed by atoms with van der Waals surface area (Å²) in [6, 6.07) is 14.8. The van der Waals surface area contributed by atoms with Gasteiger partial charge in [0.1, 0.15) is 30.0 Å². The summed E-state index contributed by atoms with van der Waals surface area (Å²) in [6.07, 6.45) is 0.343. The highest BCUT2D eigenvalue weighted by atomic mass is 19.1. The van der Waals surface area contributed by atoms with E-state index >= 15 is 0 Å². The lowest BCUT2D eigenvalue weighted by molar-refractivity contribution is 0.263. The van der Waals surface area contributed by atoms with Crippen LogP contribution in [0.2, 0.25) is 0 Å². The normalized spacial score (nSPS) is 16.2. The predicted molar refractivity (Wildman–Crippen MR) is 69.7 cm³/mol. The monoisotopic (exact) mass is 262 g/mol. The molecule has 0 aromatic heterocycles. The van der Waals surface area contributed by atoms with Crippen molar-refractivity contribution in [1.29, 1.82) is 0 Å². The highest BCUT2D eigenvalue weighted by Gasteiger charge is 2.22. The van der Waals surface area contributed by atoms with Gasteiger partial charge >= 0.3 is 0 Å². The lowest BCUT2D eigenvalue weighted by Gasteiger charge is -2.01. The van der Waals surface area contributed by atoms with Crippen molar-refractivity contribution in [3.63, 3.8) is 0 Å². The fourth-order valence-corrected chi connectivity index (χ4v) is 1.31. The van der Waals surface area contributed by atoms with Gasteiger partial charge in [0, 0.05) is 0 Å². The molecular formula is C15H15FO3. The number of benzene rings is 2. The smallest absolute Gasteiger partial charge is 0.123 e. The van der Waals surface area contributed by atoms with E-state index in [1.165, 1.54) is 24.3 Å². The molecule has 2 aromatic carbocycles. The molecule has 0 bridgehead atoms. The molecule has 3 nitrogen and oxygen atoms in total. The Morgan fingerprint density at radius 2 is 1.74 bits per heavy atom. The summed E-state index contributed by atoms with van der Waals surface area (Å²) in [7, 11) is 0. The first kappa shape index (κ1) is 13.4. The van der Waals surface area contributed by atoms with E-state index in [-0.39, 0.29) is 11.6 Å². The summed E-state index contributed by atoms with van der Waals surface area (Å²) in [5.74, 6) is 0.678. The number of para-hydroxylation sites is 1. The molecule has 0 radical (unpaired) electrons. The van der Waals surface area contributed by atoms with Gasteiger partial charge in [-0.05, 0) is 36.4 Å². The van der Waals surface area contributed by atoms with E-state index in [0.29, 0.717) is 12.7 Å². The zero-order chi connectivity index (χ0) is 13.5. The molecule has 2 aromatic rings. The summed E-state index contributed by atoms with van der Waals surface area (Å²) in [4.78, 5) is 0. The molecule has 1 aliphatic heterocycles. The summed E-state index contributed by atoms with van der Waals surface area (Å²) in [5, 5.41) is 8.59. The lowest BCUT2D eigenvalue weighted by Crippen LogP contribution is -2.03. The second-order valence-electron chi connectivity index (χ2n) is 4.06. The van der Waals surface area contributed by atoms with E-state index in [9.17, 15) is 4.39 Å². The maximum absolute atomic E-state index is 12.0. The summed E-state index contributed by atoms with van der Waals surface area (Å²) >= 11 is 0. The van der Waals surface area contributed by atoms with Crippen LogP contribution in [0.5, 0.6) is 11.5 Å². The second-order valence-corrected chi connectivity index (χ2v) is 4.06. The zero-order valence-corrected chi connectivity index (χ0v) is 10.3. The molecule has 1 atom stereocenters. The minimum absolute atomic E-state index is 0.0893. The van der Waals surface area contributed by atoms with Crippen molar-refractivity contribution in [3.8, 4) is 11.5 Å². The van der Waals surface area contributed by atoms with Crippen LogP contribution in [0.15, 0.2) is 54.6 Å². The van der Waals surface area contributed by atoms with Gasteiger partial charge in [0.25, 0.3) is 0 Å². The van der Waals surface area contributed by atoms with Crippen molar-refractivity contribution >= 4 is 0 Å². The van der Waals surface area contributed by atoms with Gasteiger partial charge in [-0.1, -0.05) is 18.2 Å². The topological polar surface area (TPSA) is 42.0 Å². The maximum Gasteiger partial charge on any atom is 0.123 e. The highest BCUT2D eigenvalue weighted by molar-refractivity contribution is 5.21. The van der Waals surface area contributed by atoms with Crippen LogP contribution in [-0.4, -0.2) is 24.4 Å². The number of rotatable bonds is 3. The first-order valence-electron chi connectivity index (χ1n) is 5.98. The Labute approximate surface area is 111 Å². The third kappa shape index (κ3) is 5.40. The quantitative estimate of drug-likeness (QED) is 0.865. The van der Waals surface area contributed by atoms with E-state index in [0.717, 1.165) is 12.4 Å². The van der Waals surface area contributed by atoms with Crippen molar-refractivity contribution in [2.75, 3.05) is 13.2 Å². The molecular weight excluding hydrogens is 247 g/mol. The van der Waals surface area contributed by atoms with Gasteiger partial charge in [-0.25, -0.2) is 4.39 Å². The number of epoxide rings is 1. The molecule has 19 heavy (non-hydrogen) atoms. The number of phenols is 1. The van der Waals surface area contributed by atoms with Crippen LogP contribution in [0.25, 0.3) is 0 Å². The number of halogens is 1. The van der Waals surface area contributed by atoms with Crippen molar-refractivity contribution in [1.82, 2.24) is 0 Å². The first-order valence-corrected chi connectivity index (χ1v) is 5.98. The Morgan fingerprint density at radius 1 is 1.11 bits per heavy atom. The summed E-state index contributed by atoms with van der Waals surface area (Å²) in [6.45, 7) is 1.54. The average Bonchev–Trinajstić information content (AvgIpc) is 3.26. The number of phenolic OH excluding ortho intramolecular Hbond substituents is 1. The lowest BCUT2D eigenvalue weighted by atomic mass is 10.3. The van der Waals surface area contributed by atoms with Crippen LogP contribution < -0.4 is 4.74 Å². The van der Waals surface area contributed by atoms with Crippen LogP contribution in [0, 0.1) is 5.82 Å². The minimum Gasteiger partial charge on any atom is -0.508 e. The van der Waals surface area contributed by atoms with Gasteiger partial charge in [-0.15, -0.1) is 0 Å². The largest absolute Gasteiger partial charge is 0.508 e. The van der Waals surface area contributed by atoms with E-state index in [2.05, 4.69) is 0 Å². The van der Waals surface area contributed by atoms with E-state index in [1.54, 1.807) is 0 Å². The molecule has 3 rings (SSSR count). The first-order chi connectivity index (χ1) is 9.24. The van der Waals surface area contributed by atoms with Crippen molar-refractivity contribution in [3.05, 3.63) is 60.4 Å². The van der Waals surface area contributed by atoms with E-state index in [4.69, 9.17) is 14.6 Å². The van der Waals surface area contributed by atoms with Crippen LogP contribution in [-0.2, 0) is 4.74 Å². The molecule has 0 aliphatic carbocycles. The molecule has 4 heteroatoms. The molecule has 1 aliphatic rings. The Hall–Kier alpha value is -2.07. The van der Waals surface area contributed by atoms with Crippen molar-refractivity contribution < 1.29 is 19.0 Å². The Morgan fingerprint density at radius 3 is 2.26 bits per heavy atom. The zero-order valence-electron chi connectivity index (χ0n) is 10.3. The van der Waals surface area contributed by atoms with Gasteiger partial charge in [-0.3, -0.25) is 0 Å². The molecule has 100 valence electrons. The van der Waals surface area contributed by atoms with Crippen LogP contribution >= 0.6 is 0 Å². The second kappa shape index (κ2) is 6.75. The number of hydrogen-bond acceptors (Lipinski definition) is 3. The molecule has 1 unspecified atom stereocenters. The molecule has 0 saturated carbocycles. The van der Waals surface area contributed by atoms with Gasteiger partial charge < -0.3 is 14.6 Å². The van der Waals surface area contributed by atoms with Crippen LogP contribution in [0.3, 0.4) is 0 Å². The number of ether oxygens (including phenoxy) is 2. The predicted octanol–water partition coefficient (Wildman–Crippen LogP) is 3.00. The van der Waals surface area contributed by atoms with E-state index in [1.807, 2.05) is 30.3 Å². The van der Waals surface area contributed by atoms with E-state index < -0.39 is 0 Å². The fourth-order valence-electron chi connectivity index (χ4n) is 1.31. The molecule has 1 fully saturated rings. The standard InChI is InChI=1S/C9H10O2.C6H5FO/c1-2-4-8(5-3-1)10-6-9-7-11-9;7-5-1-3-6(8)4-2-5/h1-5,9H,6-7H2;1-4,8H. The third-order valence-electron chi connectivity index (χ3n) is 2.41. The van der Waals surface area contributed by atoms with Gasteiger partial charge in [0.2, 0.25) is 0 Å². The Balaban J connectivity index is 0.000000148. The summed E-state index contributed by atoms with van der Waals surface area (Å²) in [5.41, 5.74) is 0. The van der Waals surface area contributed by atoms with Gasteiger partial charge in [0.15, 0.2) is 0 Å². The third-order valence-corrected chi connectivity index (χ3v) is 2.41. The minimum atomic E-state index is -0.331. The molecule has 0 amide bonds. The molecule has 1 heterocycles. The Bertz CT molecular complexity index is 460. The van der Waals surface area contributed by atoms with Crippen LogP contribution in [0.1, 0.15) is 0 Å². The van der Waals surface area contributed by atoms with Gasteiger partial charge in [-0.2, -0.15) is 0 Å². The average molecular weight is 262 g/mol. The number of aromatic hydroxyl groups is 1. The Kier molecular flexibility index (Phi) is 4.75. The van der Waals surface area contributed by atoms with Crippen molar-refractivity contribution in [2.45, 2.75) is 6.10 Å². The van der Waals surface area contributed by atoms with Gasteiger partial charge in [0.05, 0.1) is 6.61 Å². The summed E-state index contributed by atoms with van der Waals surface area (Å²) < 4.78 is 22.4. The highest BCUT2D eigenvalue weighted by Crippen LogP contribution is 2.13. The van der Waals surface area contributed by atoms with Crippen LogP contribution in [0.4, 0.5) is 4.39 Å². The molecule has 1 N–H and O–H groups in total. The molecule has 0 spiro atoms. The molecule has 1 saturated heterocycles. The maximum atomic E-state index is 12.0.